The summed E-state index contributed by atoms with van der Waals surface area (Å²) in [4.78, 5) is 11.2. The summed E-state index contributed by atoms with van der Waals surface area (Å²) in [6, 6.07) is 1.19. The van der Waals surface area contributed by atoms with Crippen molar-refractivity contribution in [3.8, 4) is 0 Å². The molecule has 1 aliphatic heterocycles. The Kier molecular flexibility index (Phi) is 4.53. The minimum Gasteiger partial charge on any atom is -0.369 e. The van der Waals surface area contributed by atoms with E-state index in [1.165, 1.54) is 30.8 Å². The number of rotatable bonds is 3. The Labute approximate surface area is 102 Å². The van der Waals surface area contributed by atoms with Crippen LogP contribution in [0.3, 0.4) is 0 Å². The summed E-state index contributed by atoms with van der Waals surface area (Å²) in [6.45, 7) is 0. The highest BCUT2D eigenvalue weighted by atomic mass is 32.2. The fourth-order valence-electron chi connectivity index (χ4n) is 2.81. The Bertz CT molecular complexity index is 241. The molecule has 1 aliphatic carbocycles. The van der Waals surface area contributed by atoms with Gasteiger partial charge in [0.05, 0.1) is 0 Å². The molecule has 3 nitrogen and oxygen atoms in total. The van der Waals surface area contributed by atoms with E-state index in [-0.39, 0.29) is 11.8 Å². The molecule has 0 bridgehead atoms. The molecule has 1 amide bonds. The number of nitrogens with two attached hydrogens (primary N) is 1. The van der Waals surface area contributed by atoms with Crippen molar-refractivity contribution in [2.75, 3.05) is 11.5 Å². The van der Waals surface area contributed by atoms with Crippen molar-refractivity contribution in [2.45, 2.75) is 50.6 Å². The topological polar surface area (TPSA) is 55.1 Å². The number of hydrogen-bond acceptors (Lipinski definition) is 3. The van der Waals surface area contributed by atoms with Crippen LogP contribution in [0.2, 0.25) is 0 Å². The third-order valence-corrected chi connectivity index (χ3v) is 4.92. The van der Waals surface area contributed by atoms with Crippen LogP contribution in [0.15, 0.2) is 0 Å². The molecule has 0 spiro atoms. The van der Waals surface area contributed by atoms with Crippen LogP contribution in [0.5, 0.6) is 0 Å². The Balaban J connectivity index is 1.78. The minimum absolute atomic E-state index is 0.107. The molecule has 3 atom stereocenters. The monoisotopic (exact) mass is 242 g/mol. The van der Waals surface area contributed by atoms with Crippen molar-refractivity contribution < 1.29 is 4.79 Å². The summed E-state index contributed by atoms with van der Waals surface area (Å²) in [5.41, 5.74) is 5.39. The highest BCUT2D eigenvalue weighted by molar-refractivity contribution is 7.99. The SMILES string of the molecule is NC(=O)C1CCCC(NC2CCCSC2)C1. The molecule has 2 aliphatic rings. The van der Waals surface area contributed by atoms with Gasteiger partial charge in [0.1, 0.15) is 0 Å². The van der Waals surface area contributed by atoms with Crippen LogP contribution in [-0.4, -0.2) is 29.5 Å². The average Bonchev–Trinajstić information content (AvgIpc) is 2.30. The van der Waals surface area contributed by atoms with E-state index >= 15 is 0 Å². The van der Waals surface area contributed by atoms with Gasteiger partial charge in [0.2, 0.25) is 5.91 Å². The first kappa shape index (κ1) is 12.2. The van der Waals surface area contributed by atoms with Gasteiger partial charge >= 0.3 is 0 Å². The van der Waals surface area contributed by atoms with E-state index in [9.17, 15) is 4.79 Å². The van der Waals surface area contributed by atoms with Gasteiger partial charge in [-0.1, -0.05) is 6.42 Å². The number of amides is 1. The molecule has 1 saturated carbocycles. The van der Waals surface area contributed by atoms with Crippen molar-refractivity contribution in [2.24, 2.45) is 11.7 Å². The van der Waals surface area contributed by atoms with Crippen molar-refractivity contribution in [3.05, 3.63) is 0 Å². The van der Waals surface area contributed by atoms with Crippen LogP contribution in [0.25, 0.3) is 0 Å². The number of nitrogens with one attached hydrogen (secondary N) is 1. The largest absolute Gasteiger partial charge is 0.369 e. The fraction of sp³-hybridized carbons (Fsp3) is 0.917. The van der Waals surface area contributed by atoms with Crippen LogP contribution >= 0.6 is 11.8 Å². The van der Waals surface area contributed by atoms with Crippen LogP contribution in [-0.2, 0) is 4.79 Å². The van der Waals surface area contributed by atoms with Gasteiger partial charge in [0.25, 0.3) is 0 Å². The number of carbonyl (C=O) groups excluding carboxylic acids is 1. The zero-order valence-electron chi connectivity index (χ0n) is 9.78. The standard InChI is InChI=1S/C12H22N2OS/c13-12(15)9-3-1-4-10(7-9)14-11-5-2-6-16-8-11/h9-11,14H,1-8H2,(H2,13,15). The second-order valence-electron chi connectivity index (χ2n) is 5.04. The molecule has 92 valence electrons. The second kappa shape index (κ2) is 5.92. The Hall–Kier alpha value is -0.220. The van der Waals surface area contributed by atoms with E-state index in [1.807, 2.05) is 11.8 Å². The van der Waals surface area contributed by atoms with Gasteiger partial charge in [-0.25, -0.2) is 0 Å². The molecule has 4 heteroatoms. The number of thioether (sulfide) groups is 1. The average molecular weight is 242 g/mol. The molecule has 2 rings (SSSR count). The number of primary amides is 1. The molecule has 0 aromatic heterocycles. The van der Waals surface area contributed by atoms with E-state index < -0.39 is 0 Å². The summed E-state index contributed by atoms with van der Waals surface area (Å²) in [5, 5.41) is 3.71. The maximum atomic E-state index is 11.2. The van der Waals surface area contributed by atoms with Gasteiger partial charge < -0.3 is 11.1 Å². The number of carbonyl (C=O) groups is 1. The van der Waals surface area contributed by atoms with Crippen LogP contribution < -0.4 is 11.1 Å². The zero-order chi connectivity index (χ0) is 11.4. The summed E-state index contributed by atoms with van der Waals surface area (Å²) in [5.74, 6) is 2.55. The minimum atomic E-state index is -0.107. The predicted molar refractivity (Wildman–Crippen MR) is 68.4 cm³/mol. The first-order chi connectivity index (χ1) is 7.75. The molecule has 2 fully saturated rings. The smallest absolute Gasteiger partial charge is 0.220 e. The van der Waals surface area contributed by atoms with Crippen LogP contribution in [0, 0.1) is 5.92 Å². The van der Waals surface area contributed by atoms with Crippen molar-refractivity contribution >= 4 is 17.7 Å². The van der Waals surface area contributed by atoms with Crippen molar-refractivity contribution in [1.82, 2.24) is 5.32 Å². The van der Waals surface area contributed by atoms with Crippen LogP contribution in [0.1, 0.15) is 38.5 Å². The van der Waals surface area contributed by atoms with E-state index in [1.54, 1.807) is 0 Å². The van der Waals surface area contributed by atoms with Gasteiger partial charge in [0.15, 0.2) is 0 Å². The van der Waals surface area contributed by atoms with Gasteiger partial charge in [0, 0.05) is 23.8 Å². The first-order valence-electron chi connectivity index (χ1n) is 6.39. The molecule has 1 saturated heterocycles. The lowest BCUT2D eigenvalue weighted by molar-refractivity contribution is -0.122. The van der Waals surface area contributed by atoms with E-state index in [2.05, 4.69) is 5.32 Å². The van der Waals surface area contributed by atoms with Crippen molar-refractivity contribution in [1.29, 1.82) is 0 Å². The Morgan fingerprint density at radius 1 is 1.19 bits per heavy atom. The van der Waals surface area contributed by atoms with Gasteiger partial charge in [-0.3, -0.25) is 4.79 Å². The maximum absolute atomic E-state index is 11.2. The molecular weight excluding hydrogens is 220 g/mol. The molecule has 0 aromatic carbocycles. The fourth-order valence-corrected chi connectivity index (χ4v) is 3.89. The first-order valence-corrected chi connectivity index (χ1v) is 7.54. The summed E-state index contributed by atoms with van der Waals surface area (Å²) < 4.78 is 0. The maximum Gasteiger partial charge on any atom is 0.220 e. The van der Waals surface area contributed by atoms with Crippen molar-refractivity contribution in [3.63, 3.8) is 0 Å². The Morgan fingerprint density at radius 2 is 2.00 bits per heavy atom. The normalized spacial score (nSPS) is 35.9. The lowest BCUT2D eigenvalue weighted by Gasteiger charge is -2.33. The predicted octanol–water partition coefficient (Wildman–Crippen LogP) is 1.52. The molecule has 0 aromatic rings. The molecular formula is C12H22N2OS. The quantitative estimate of drug-likeness (QED) is 0.789. The lowest BCUT2D eigenvalue weighted by Crippen LogP contribution is -2.45. The summed E-state index contributed by atoms with van der Waals surface area (Å²) in [6.07, 6.45) is 6.93. The third kappa shape index (κ3) is 3.39. The molecule has 1 heterocycles. The van der Waals surface area contributed by atoms with Gasteiger partial charge in [-0.15, -0.1) is 0 Å². The molecule has 3 N–H and O–H groups in total. The lowest BCUT2D eigenvalue weighted by atomic mass is 9.85. The van der Waals surface area contributed by atoms with E-state index in [0.29, 0.717) is 12.1 Å². The highest BCUT2D eigenvalue weighted by Crippen LogP contribution is 2.26. The van der Waals surface area contributed by atoms with Gasteiger partial charge in [-0.05, 0) is 37.9 Å². The van der Waals surface area contributed by atoms with E-state index in [4.69, 9.17) is 5.73 Å². The summed E-state index contributed by atoms with van der Waals surface area (Å²) in [7, 11) is 0. The molecule has 16 heavy (non-hydrogen) atoms. The number of hydrogen-bond donors (Lipinski definition) is 2. The summed E-state index contributed by atoms with van der Waals surface area (Å²) >= 11 is 2.04. The highest BCUT2D eigenvalue weighted by Gasteiger charge is 2.27. The molecule has 3 unspecified atom stereocenters. The second-order valence-corrected chi connectivity index (χ2v) is 6.19. The zero-order valence-corrected chi connectivity index (χ0v) is 10.6. The molecule has 0 radical (unpaired) electrons. The Morgan fingerprint density at radius 3 is 2.69 bits per heavy atom. The van der Waals surface area contributed by atoms with Crippen LogP contribution in [0.4, 0.5) is 0 Å². The van der Waals surface area contributed by atoms with E-state index in [0.717, 1.165) is 19.3 Å². The third-order valence-electron chi connectivity index (χ3n) is 3.71. The van der Waals surface area contributed by atoms with Gasteiger partial charge in [-0.2, -0.15) is 11.8 Å².